The Morgan fingerprint density at radius 1 is 1.12 bits per heavy atom. The lowest BCUT2D eigenvalue weighted by Gasteiger charge is -2.63. The fourth-order valence-electron chi connectivity index (χ4n) is 7.60. The third kappa shape index (κ3) is 1.88. The van der Waals surface area contributed by atoms with Crippen molar-refractivity contribution in [1.29, 1.82) is 0 Å². The first kappa shape index (κ1) is 18.4. The summed E-state index contributed by atoms with van der Waals surface area (Å²) >= 11 is 0. The van der Waals surface area contributed by atoms with Crippen LogP contribution in [0.5, 0.6) is 0 Å². The van der Waals surface area contributed by atoms with Crippen molar-refractivity contribution in [3.05, 3.63) is 11.6 Å². The standard InChI is InChI=1S/C22H32O4/c1-13-11-18-17-6-5-15-12-16(24)7-8-19(15,3)21(17,25)10-9-20(18,4)22(13,26)14(2)23/h12-13,17-18,25-26H,5-11H2,1-4H3/t13?,17-,18-,19-,20-,21+,22-/m0/s1. The molecule has 4 nitrogen and oxygen atoms in total. The Morgan fingerprint density at radius 2 is 1.81 bits per heavy atom. The highest BCUT2D eigenvalue weighted by Crippen LogP contribution is 2.70. The van der Waals surface area contributed by atoms with E-state index >= 15 is 0 Å². The Kier molecular flexibility index (Phi) is 3.74. The first-order chi connectivity index (χ1) is 12.0. The van der Waals surface area contributed by atoms with E-state index in [9.17, 15) is 19.8 Å². The molecule has 4 aliphatic rings. The van der Waals surface area contributed by atoms with E-state index in [1.54, 1.807) is 6.08 Å². The van der Waals surface area contributed by atoms with Gasteiger partial charge in [-0.3, -0.25) is 9.59 Å². The van der Waals surface area contributed by atoms with Crippen molar-refractivity contribution in [3.8, 4) is 0 Å². The molecule has 0 aliphatic heterocycles. The zero-order valence-electron chi connectivity index (χ0n) is 16.5. The summed E-state index contributed by atoms with van der Waals surface area (Å²) in [7, 11) is 0. The zero-order chi connectivity index (χ0) is 19.1. The van der Waals surface area contributed by atoms with E-state index in [2.05, 4.69) is 13.8 Å². The number of carbonyl (C=O) groups excluding carboxylic acids is 2. The number of rotatable bonds is 1. The quantitative estimate of drug-likeness (QED) is 0.753. The SMILES string of the molecule is CC(=O)[C@@]1(O)C(C)C[C@H]2[C@@H]3CCC4=CC(=O)CC[C@]4(C)[C@@]3(O)CC[C@@]21C. The van der Waals surface area contributed by atoms with Gasteiger partial charge in [-0.05, 0) is 69.3 Å². The molecule has 1 unspecified atom stereocenters. The topological polar surface area (TPSA) is 74.6 Å². The number of carbonyl (C=O) groups is 2. The summed E-state index contributed by atoms with van der Waals surface area (Å²) in [6, 6.07) is 0. The van der Waals surface area contributed by atoms with Gasteiger partial charge in [-0.15, -0.1) is 0 Å². The van der Waals surface area contributed by atoms with Crippen molar-refractivity contribution in [1.82, 2.24) is 0 Å². The Morgan fingerprint density at radius 3 is 2.46 bits per heavy atom. The number of aliphatic hydroxyl groups is 2. The Labute approximate surface area is 156 Å². The van der Waals surface area contributed by atoms with Gasteiger partial charge in [0.15, 0.2) is 11.6 Å². The summed E-state index contributed by atoms with van der Waals surface area (Å²) in [6.07, 6.45) is 6.71. The van der Waals surface area contributed by atoms with Gasteiger partial charge in [0, 0.05) is 17.3 Å². The van der Waals surface area contributed by atoms with Gasteiger partial charge in [0.2, 0.25) is 0 Å². The second-order valence-corrected chi connectivity index (χ2v) is 10.0. The van der Waals surface area contributed by atoms with Crippen molar-refractivity contribution in [3.63, 3.8) is 0 Å². The van der Waals surface area contributed by atoms with Crippen LogP contribution < -0.4 is 0 Å². The molecule has 7 atom stereocenters. The number of Topliss-reactive ketones (excluding diaryl/α,β-unsaturated/α-hetero) is 1. The summed E-state index contributed by atoms with van der Waals surface area (Å²) in [5, 5.41) is 23.4. The maximum absolute atomic E-state index is 12.4. The molecule has 0 saturated heterocycles. The van der Waals surface area contributed by atoms with Crippen LogP contribution in [0.15, 0.2) is 11.6 Å². The molecule has 4 rings (SSSR count). The molecule has 0 amide bonds. The lowest BCUT2D eigenvalue weighted by Crippen LogP contribution is -2.65. The van der Waals surface area contributed by atoms with E-state index < -0.39 is 16.6 Å². The van der Waals surface area contributed by atoms with Crippen molar-refractivity contribution in [2.45, 2.75) is 83.8 Å². The van der Waals surface area contributed by atoms with E-state index in [0.717, 1.165) is 24.8 Å². The lowest BCUT2D eigenvalue weighted by atomic mass is 9.44. The highest BCUT2D eigenvalue weighted by molar-refractivity contribution is 5.91. The zero-order valence-corrected chi connectivity index (χ0v) is 16.5. The first-order valence-corrected chi connectivity index (χ1v) is 10.2. The molecule has 2 N–H and O–H groups in total. The smallest absolute Gasteiger partial charge is 0.162 e. The fraction of sp³-hybridized carbons (Fsp3) is 0.818. The molecule has 26 heavy (non-hydrogen) atoms. The van der Waals surface area contributed by atoms with Crippen LogP contribution in [-0.2, 0) is 9.59 Å². The Balaban J connectivity index is 1.78. The molecule has 0 radical (unpaired) electrons. The van der Waals surface area contributed by atoms with Crippen LogP contribution in [0.4, 0.5) is 0 Å². The molecular formula is C22H32O4. The van der Waals surface area contributed by atoms with Crippen molar-refractivity contribution in [2.75, 3.05) is 0 Å². The number of ketones is 2. The van der Waals surface area contributed by atoms with Crippen LogP contribution in [0.3, 0.4) is 0 Å². The number of hydrogen-bond donors (Lipinski definition) is 2. The summed E-state index contributed by atoms with van der Waals surface area (Å²) in [4.78, 5) is 24.4. The largest absolute Gasteiger partial charge is 0.389 e. The van der Waals surface area contributed by atoms with Crippen LogP contribution in [0.25, 0.3) is 0 Å². The Hall–Kier alpha value is -1.00. The summed E-state index contributed by atoms with van der Waals surface area (Å²) in [5.74, 6) is 0.176. The second kappa shape index (κ2) is 5.29. The van der Waals surface area contributed by atoms with E-state index in [1.165, 1.54) is 6.92 Å². The van der Waals surface area contributed by atoms with Crippen LogP contribution in [0, 0.1) is 28.6 Å². The third-order valence-electron chi connectivity index (χ3n) is 9.27. The van der Waals surface area contributed by atoms with E-state index in [1.807, 2.05) is 6.92 Å². The van der Waals surface area contributed by atoms with Gasteiger partial charge < -0.3 is 10.2 Å². The van der Waals surface area contributed by atoms with E-state index in [4.69, 9.17) is 0 Å². The number of fused-ring (bicyclic) bond motifs is 5. The van der Waals surface area contributed by atoms with Crippen molar-refractivity contribution in [2.24, 2.45) is 28.6 Å². The van der Waals surface area contributed by atoms with Crippen LogP contribution >= 0.6 is 0 Å². The molecule has 4 aliphatic carbocycles. The molecule has 0 aromatic carbocycles. The molecule has 0 aromatic heterocycles. The van der Waals surface area contributed by atoms with Gasteiger partial charge in [-0.25, -0.2) is 0 Å². The molecule has 0 heterocycles. The van der Waals surface area contributed by atoms with Gasteiger partial charge in [0.05, 0.1) is 5.60 Å². The lowest BCUT2D eigenvalue weighted by molar-refractivity contribution is -0.211. The minimum absolute atomic E-state index is 0.0763. The van der Waals surface area contributed by atoms with Gasteiger partial charge in [0.25, 0.3) is 0 Å². The highest BCUT2D eigenvalue weighted by atomic mass is 16.3. The Bertz CT molecular complexity index is 711. The van der Waals surface area contributed by atoms with Gasteiger partial charge in [0.1, 0.15) is 5.60 Å². The van der Waals surface area contributed by atoms with E-state index in [0.29, 0.717) is 25.7 Å². The number of hydrogen-bond acceptors (Lipinski definition) is 4. The minimum Gasteiger partial charge on any atom is -0.389 e. The third-order valence-corrected chi connectivity index (χ3v) is 9.27. The van der Waals surface area contributed by atoms with Crippen LogP contribution in [0.1, 0.15) is 72.6 Å². The monoisotopic (exact) mass is 360 g/mol. The highest BCUT2D eigenvalue weighted by Gasteiger charge is 2.71. The predicted molar refractivity (Wildman–Crippen MR) is 98.3 cm³/mol. The fourth-order valence-corrected chi connectivity index (χ4v) is 7.60. The van der Waals surface area contributed by atoms with Crippen molar-refractivity contribution < 1.29 is 19.8 Å². The minimum atomic E-state index is -1.29. The maximum Gasteiger partial charge on any atom is 0.162 e. The maximum atomic E-state index is 12.4. The molecule has 3 fully saturated rings. The predicted octanol–water partition coefficient (Wildman–Crippen LogP) is 3.20. The van der Waals surface area contributed by atoms with Gasteiger partial charge in [-0.2, -0.15) is 0 Å². The molecule has 0 bridgehead atoms. The molecule has 0 spiro atoms. The van der Waals surface area contributed by atoms with Crippen LogP contribution in [-0.4, -0.2) is 33.0 Å². The molecule has 4 heteroatoms. The molecule has 3 saturated carbocycles. The van der Waals surface area contributed by atoms with E-state index in [-0.39, 0.29) is 34.7 Å². The first-order valence-electron chi connectivity index (χ1n) is 10.2. The summed E-state index contributed by atoms with van der Waals surface area (Å²) < 4.78 is 0. The van der Waals surface area contributed by atoms with Crippen LogP contribution in [0.2, 0.25) is 0 Å². The molecular weight excluding hydrogens is 328 g/mol. The normalized spacial score (nSPS) is 53.4. The molecule has 144 valence electrons. The average molecular weight is 360 g/mol. The summed E-state index contributed by atoms with van der Waals surface area (Å²) in [5.41, 5.74) is -1.85. The average Bonchev–Trinajstić information content (AvgIpc) is 2.78. The summed E-state index contributed by atoms with van der Waals surface area (Å²) in [6.45, 7) is 7.70. The van der Waals surface area contributed by atoms with Gasteiger partial charge in [-0.1, -0.05) is 26.3 Å². The van der Waals surface area contributed by atoms with Crippen molar-refractivity contribution >= 4 is 11.6 Å². The molecule has 0 aromatic rings. The van der Waals surface area contributed by atoms with Gasteiger partial charge >= 0.3 is 0 Å². The second-order valence-electron chi connectivity index (χ2n) is 10.0.